The highest BCUT2D eigenvalue weighted by Gasteiger charge is 2.18. The maximum absolute atomic E-state index is 12.8. The lowest BCUT2D eigenvalue weighted by Gasteiger charge is -2.19. The largest absolute Gasteiger partial charge is 0.497 e. The van der Waals surface area contributed by atoms with Gasteiger partial charge in [-0.25, -0.2) is 0 Å². The summed E-state index contributed by atoms with van der Waals surface area (Å²) in [6.45, 7) is 2.67. The Morgan fingerprint density at radius 1 is 1.00 bits per heavy atom. The molecule has 3 aromatic rings. The second-order valence-electron chi connectivity index (χ2n) is 6.51. The Morgan fingerprint density at radius 2 is 1.73 bits per heavy atom. The Balaban J connectivity index is 1.67. The second kappa shape index (κ2) is 9.78. The van der Waals surface area contributed by atoms with Gasteiger partial charge in [0.1, 0.15) is 5.75 Å². The van der Waals surface area contributed by atoms with E-state index in [1.165, 1.54) is 0 Å². The quantitative estimate of drug-likeness (QED) is 0.534. The van der Waals surface area contributed by atoms with E-state index >= 15 is 0 Å². The molecule has 30 heavy (non-hydrogen) atoms. The molecule has 8 nitrogen and oxygen atoms in total. The third kappa shape index (κ3) is 4.89. The zero-order valence-electron chi connectivity index (χ0n) is 17.5. The highest BCUT2D eigenvalue weighted by atomic mass is 16.5. The van der Waals surface area contributed by atoms with Crippen LogP contribution in [-0.4, -0.2) is 48.8 Å². The molecule has 0 aliphatic carbocycles. The molecule has 1 heterocycles. The molecule has 8 heteroatoms. The van der Waals surface area contributed by atoms with Crippen LogP contribution in [0.3, 0.4) is 0 Å². The first-order valence-electron chi connectivity index (χ1n) is 9.53. The summed E-state index contributed by atoms with van der Waals surface area (Å²) in [5, 5.41) is 4.02. The zero-order chi connectivity index (χ0) is 21.5. The van der Waals surface area contributed by atoms with E-state index in [-0.39, 0.29) is 18.9 Å². The molecule has 0 fully saturated rings. The fraction of sp³-hybridized carbons (Fsp3) is 0.318. The van der Waals surface area contributed by atoms with Crippen LogP contribution in [0.4, 0.5) is 0 Å². The maximum Gasteiger partial charge on any atom is 0.246 e. The van der Waals surface area contributed by atoms with Gasteiger partial charge >= 0.3 is 0 Å². The molecular formula is C22H25N3O5. The normalized spacial score (nSPS) is 10.5. The van der Waals surface area contributed by atoms with Crippen LogP contribution >= 0.6 is 0 Å². The maximum atomic E-state index is 12.8. The van der Waals surface area contributed by atoms with Crippen molar-refractivity contribution in [1.82, 2.24) is 15.0 Å². The van der Waals surface area contributed by atoms with Gasteiger partial charge in [-0.2, -0.15) is 4.98 Å². The number of amides is 1. The van der Waals surface area contributed by atoms with Crippen LogP contribution in [0.1, 0.15) is 18.4 Å². The predicted octanol–water partition coefficient (Wildman–Crippen LogP) is 3.35. The number of nitrogens with zero attached hydrogens (tertiary/aromatic N) is 3. The summed E-state index contributed by atoms with van der Waals surface area (Å²) in [4.78, 5) is 18.9. The zero-order valence-corrected chi connectivity index (χ0v) is 17.5. The van der Waals surface area contributed by atoms with Gasteiger partial charge in [0.2, 0.25) is 17.6 Å². The molecule has 0 spiro atoms. The summed E-state index contributed by atoms with van der Waals surface area (Å²) < 4.78 is 21.1. The van der Waals surface area contributed by atoms with E-state index < -0.39 is 0 Å². The Labute approximate surface area is 175 Å². The Kier molecular flexibility index (Phi) is 6.90. The lowest BCUT2D eigenvalue weighted by atomic mass is 10.1. The molecule has 0 saturated carbocycles. The van der Waals surface area contributed by atoms with E-state index in [4.69, 9.17) is 18.7 Å². The van der Waals surface area contributed by atoms with Gasteiger partial charge in [-0.15, -0.1) is 0 Å². The first kappa shape index (κ1) is 21.2. The van der Waals surface area contributed by atoms with Gasteiger partial charge in [0.25, 0.3) is 0 Å². The van der Waals surface area contributed by atoms with E-state index in [1.54, 1.807) is 38.4 Å². The van der Waals surface area contributed by atoms with Gasteiger partial charge in [-0.05, 0) is 48.9 Å². The number of hydrogen-bond acceptors (Lipinski definition) is 7. The van der Waals surface area contributed by atoms with Crippen LogP contribution in [0.2, 0.25) is 0 Å². The average Bonchev–Trinajstić information content (AvgIpc) is 3.26. The molecule has 1 amide bonds. The lowest BCUT2D eigenvalue weighted by molar-refractivity contribution is -0.131. The van der Waals surface area contributed by atoms with E-state index in [0.29, 0.717) is 29.8 Å². The minimum Gasteiger partial charge on any atom is -0.497 e. The molecule has 0 N–H and O–H groups in total. The highest BCUT2D eigenvalue weighted by molar-refractivity contribution is 5.79. The van der Waals surface area contributed by atoms with Crippen molar-refractivity contribution in [2.24, 2.45) is 0 Å². The topological polar surface area (TPSA) is 86.9 Å². The second-order valence-corrected chi connectivity index (χ2v) is 6.51. The third-order valence-electron chi connectivity index (χ3n) is 4.68. The van der Waals surface area contributed by atoms with Crippen molar-refractivity contribution in [3.63, 3.8) is 0 Å². The SMILES string of the molecule is CCN(Cc1nc(-c2ccc(OC)cc2)no1)C(=O)Cc1ccc(OC)c(OC)c1. The summed E-state index contributed by atoms with van der Waals surface area (Å²) in [7, 11) is 4.75. The molecule has 0 unspecified atom stereocenters. The molecule has 0 atom stereocenters. The number of benzene rings is 2. The van der Waals surface area contributed by atoms with Gasteiger partial charge in [-0.1, -0.05) is 11.2 Å². The molecule has 0 saturated heterocycles. The van der Waals surface area contributed by atoms with Crippen LogP contribution in [0.15, 0.2) is 47.0 Å². The fourth-order valence-corrected chi connectivity index (χ4v) is 2.99. The molecule has 1 aromatic heterocycles. The van der Waals surface area contributed by atoms with Crippen LogP contribution in [-0.2, 0) is 17.8 Å². The number of carbonyl (C=O) groups is 1. The smallest absolute Gasteiger partial charge is 0.246 e. The van der Waals surface area contributed by atoms with Gasteiger partial charge in [0.15, 0.2) is 11.5 Å². The standard InChI is InChI=1S/C22H25N3O5/c1-5-25(21(26)13-15-6-11-18(28-3)19(12-15)29-4)14-20-23-22(24-30-20)16-7-9-17(27-2)10-8-16/h6-12H,5,13-14H2,1-4H3. The number of methoxy groups -OCH3 is 3. The minimum absolute atomic E-state index is 0.0473. The molecule has 2 aromatic carbocycles. The molecular weight excluding hydrogens is 386 g/mol. The van der Waals surface area contributed by atoms with Crippen LogP contribution in [0, 0.1) is 0 Å². The third-order valence-corrected chi connectivity index (χ3v) is 4.68. The summed E-state index contributed by atoms with van der Waals surface area (Å²) >= 11 is 0. The van der Waals surface area contributed by atoms with Gasteiger partial charge in [0, 0.05) is 12.1 Å². The first-order chi connectivity index (χ1) is 14.6. The average molecular weight is 411 g/mol. The van der Waals surface area contributed by atoms with Crippen molar-refractivity contribution in [3.8, 4) is 28.6 Å². The summed E-state index contributed by atoms with van der Waals surface area (Å²) in [6.07, 6.45) is 0.230. The molecule has 158 valence electrons. The number of likely N-dealkylation sites (N-methyl/N-ethyl adjacent to an activating group) is 1. The molecule has 0 aliphatic rings. The number of ether oxygens (including phenoxy) is 3. The van der Waals surface area contributed by atoms with Crippen molar-refractivity contribution < 1.29 is 23.5 Å². The first-order valence-corrected chi connectivity index (χ1v) is 9.53. The van der Waals surface area contributed by atoms with Gasteiger partial charge in [0.05, 0.1) is 34.3 Å². The van der Waals surface area contributed by atoms with E-state index in [0.717, 1.165) is 16.9 Å². The van der Waals surface area contributed by atoms with Crippen molar-refractivity contribution >= 4 is 5.91 Å². The van der Waals surface area contributed by atoms with Crippen molar-refractivity contribution in [2.45, 2.75) is 19.9 Å². The molecule has 0 bridgehead atoms. The van der Waals surface area contributed by atoms with Crippen molar-refractivity contribution in [3.05, 3.63) is 53.9 Å². The predicted molar refractivity (Wildman–Crippen MR) is 111 cm³/mol. The monoisotopic (exact) mass is 411 g/mol. The Bertz CT molecular complexity index is 985. The number of rotatable bonds is 9. The number of carbonyl (C=O) groups excluding carboxylic acids is 1. The fourth-order valence-electron chi connectivity index (χ4n) is 2.99. The molecule has 3 rings (SSSR count). The van der Waals surface area contributed by atoms with E-state index in [9.17, 15) is 4.79 Å². The minimum atomic E-state index is -0.0473. The van der Waals surface area contributed by atoms with Gasteiger partial charge in [-0.3, -0.25) is 4.79 Å². The van der Waals surface area contributed by atoms with Crippen LogP contribution < -0.4 is 14.2 Å². The summed E-state index contributed by atoms with van der Waals surface area (Å²) in [5.41, 5.74) is 1.64. The van der Waals surface area contributed by atoms with Gasteiger partial charge < -0.3 is 23.6 Å². The summed E-state index contributed by atoms with van der Waals surface area (Å²) in [5.74, 6) is 2.76. The van der Waals surface area contributed by atoms with E-state index in [2.05, 4.69) is 10.1 Å². The highest BCUT2D eigenvalue weighted by Crippen LogP contribution is 2.28. The van der Waals surface area contributed by atoms with E-state index in [1.807, 2.05) is 37.3 Å². The number of hydrogen-bond donors (Lipinski definition) is 0. The molecule has 0 aliphatic heterocycles. The van der Waals surface area contributed by atoms with Crippen molar-refractivity contribution in [2.75, 3.05) is 27.9 Å². The van der Waals surface area contributed by atoms with Crippen LogP contribution in [0.5, 0.6) is 17.2 Å². The lowest BCUT2D eigenvalue weighted by Crippen LogP contribution is -2.31. The molecule has 0 radical (unpaired) electrons. The Morgan fingerprint density at radius 3 is 2.37 bits per heavy atom. The van der Waals surface area contributed by atoms with Crippen molar-refractivity contribution in [1.29, 1.82) is 0 Å². The Hall–Kier alpha value is -3.55. The summed E-state index contributed by atoms with van der Waals surface area (Å²) in [6, 6.07) is 12.8. The van der Waals surface area contributed by atoms with Crippen LogP contribution in [0.25, 0.3) is 11.4 Å². The number of aromatic nitrogens is 2.